The molecular weight excluding hydrogens is 304 g/mol. The Morgan fingerprint density at radius 3 is 2.56 bits per heavy atom. The maximum atomic E-state index is 13.4. The molecule has 90 valence electrons. The van der Waals surface area contributed by atoms with Gasteiger partial charge in [-0.25, -0.2) is 8.78 Å². The minimum Gasteiger partial charge on any atom is -0.453 e. The van der Waals surface area contributed by atoms with Crippen LogP contribution in [0.2, 0.25) is 0 Å². The van der Waals surface area contributed by atoms with Gasteiger partial charge in [-0.1, -0.05) is 6.07 Å². The van der Waals surface area contributed by atoms with Crippen molar-refractivity contribution in [3.8, 4) is 17.6 Å². The second-order valence-electron chi connectivity index (χ2n) is 3.40. The highest BCUT2D eigenvalue weighted by Gasteiger charge is 2.11. The van der Waals surface area contributed by atoms with Crippen LogP contribution in [0.3, 0.4) is 0 Å². The second kappa shape index (κ2) is 5.15. The molecule has 5 heteroatoms. The van der Waals surface area contributed by atoms with Crippen LogP contribution in [-0.4, -0.2) is 0 Å². The molecule has 0 bridgehead atoms. The van der Waals surface area contributed by atoms with Gasteiger partial charge in [0.1, 0.15) is 23.2 Å². The first kappa shape index (κ1) is 12.5. The third-order valence-electron chi connectivity index (χ3n) is 2.20. The SMILES string of the molecule is N#Cc1c(Br)cccc1Oc1ccc(F)cc1F. The van der Waals surface area contributed by atoms with E-state index in [0.29, 0.717) is 4.47 Å². The van der Waals surface area contributed by atoms with Crippen LogP contribution in [0.1, 0.15) is 5.56 Å². The summed E-state index contributed by atoms with van der Waals surface area (Å²) in [6.45, 7) is 0. The minimum atomic E-state index is -0.820. The van der Waals surface area contributed by atoms with Gasteiger partial charge < -0.3 is 4.74 Å². The lowest BCUT2D eigenvalue weighted by molar-refractivity contribution is 0.436. The largest absolute Gasteiger partial charge is 0.453 e. The van der Waals surface area contributed by atoms with Crippen molar-refractivity contribution in [1.29, 1.82) is 5.26 Å². The third-order valence-corrected chi connectivity index (χ3v) is 2.86. The molecule has 2 aromatic carbocycles. The summed E-state index contributed by atoms with van der Waals surface area (Å²) in [6.07, 6.45) is 0. The third kappa shape index (κ3) is 2.49. The topological polar surface area (TPSA) is 33.0 Å². The van der Waals surface area contributed by atoms with Gasteiger partial charge in [-0.2, -0.15) is 5.26 Å². The highest BCUT2D eigenvalue weighted by molar-refractivity contribution is 9.10. The summed E-state index contributed by atoms with van der Waals surface area (Å²) in [5.41, 5.74) is 0.251. The number of hydrogen-bond donors (Lipinski definition) is 0. The van der Waals surface area contributed by atoms with Gasteiger partial charge in [-0.15, -0.1) is 0 Å². The zero-order valence-electron chi connectivity index (χ0n) is 8.95. The molecule has 0 unspecified atom stereocenters. The summed E-state index contributed by atoms with van der Waals surface area (Å²) in [6, 6.07) is 9.79. The highest BCUT2D eigenvalue weighted by Crippen LogP contribution is 2.31. The maximum absolute atomic E-state index is 13.4. The summed E-state index contributed by atoms with van der Waals surface area (Å²) in [5, 5.41) is 8.98. The number of rotatable bonds is 2. The van der Waals surface area contributed by atoms with Crippen LogP contribution < -0.4 is 4.74 Å². The van der Waals surface area contributed by atoms with E-state index in [1.54, 1.807) is 12.1 Å². The van der Waals surface area contributed by atoms with Gasteiger partial charge in [0, 0.05) is 10.5 Å². The molecule has 0 saturated heterocycles. The van der Waals surface area contributed by atoms with Crippen molar-refractivity contribution < 1.29 is 13.5 Å². The molecule has 0 fully saturated rings. The van der Waals surface area contributed by atoms with Crippen molar-refractivity contribution in [2.45, 2.75) is 0 Å². The molecule has 0 saturated carbocycles. The Bertz CT molecular complexity index is 637. The van der Waals surface area contributed by atoms with Gasteiger partial charge in [0.05, 0.1) is 0 Å². The predicted molar refractivity (Wildman–Crippen MR) is 65.3 cm³/mol. The van der Waals surface area contributed by atoms with E-state index in [1.165, 1.54) is 12.1 Å². The van der Waals surface area contributed by atoms with E-state index in [0.717, 1.165) is 12.1 Å². The zero-order chi connectivity index (χ0) is 13.1. The molecule has 2 nitrogen and oxygen atoms in total. The Kier molecular flexibility index (Phi) is 3.58. The maximum Gasteiger partial charge on any atom is 0.168 e. The van der Waals surface area contributed by atoms with E-state index in [9.17, 15) is 8.78 Å². The number of ether oxygens (including phenoxy) is 1. The molecule has 0 spiro atoms. The van der Waals surface area contributed by atoms with Gasteiger partial charge in [0.2, 0.25) is 0 Å². The molecule has 0 aliphatic rings. The lowest BCUT2D eigenvalue weighted by atomic mass is 10.2. The van der Waals surface area contributed by atoms with E-state index in [4.69, 9.17) is 10.00 Å². The molecular formula is C13H6BrF2NO. The lowest BCUT2D eigenvalue weighted by Crippen LogP contribution is -1.92. The Morgan fingerprint density at radius 1 is 1.11 bits per heavy atom. The highest BCUT2D eigenvalue weighted by atomic mass is 79.9. The molecule has 0 aliphatic carbocycles. The molecule has 0 aliphatic heterocycles. The van der Waals surface area contributed by atoms with Crippen LogP contribution in [0.5, 0.6) is 11.5 Å². The number of nitriles is 1. The molecule has 0 aromatic heterocycles. The van der Waals surface area contributed by atoms with Crippen LogP contribution in [0, 0.1) is 23.0 Å². The average molecular weight is 310 g/mol. The van der Waals surface area contributed by atoms with Crippen LogP contribution >= 0.6 is 15.9 Å². The van der Waals surface area contributed by atoms with E-state index >= 15 is 0 Å². The zero-order valence-corrected chi connectivity index (χ0v) is 10.5. The monoisotopic (exact) mass is 309 g/mol. The average Bonchev–Trinajstić information content (AvgIpc) is 2.33. The van der Waals surface area contributed by atoms with Crippen LogP contribution in [0.15, 0.2) is 40.9 Å². The standard InChI is InChI=1S/C13H6BrF2NO/c14-10-2-1-3-12(9(10)7-17)18-13-5-4-8(15)6-11(13)16/h1-6H. The fourth-order valence-electron chi connectivity index (χ4n) is 1.37. The van der Waals surface area contributed by atoms with Crippen molar-refractivity contribution in [3.05, 3.63) is 58.1 Å². The molecule has 0 atom stereocenters. The van der Waals surface area contributed by atoms with Gasteiger partial charge in [0.15, 0.2) is 11.6 Å². The summed E-state index contributed by atoms with van der Waals surface area (Å²) < 4.78 is 32.0. The first-order valence-electron chi connectivity index (χ1n) is 4.93. The van der Waals surface area contributed by atoms with Gasteiger partial charge in [-0.05, 0) is 40.2 Å². The minimum absolute atomic E-state index is 0.133. The number of nitrogens with zero attached hydrogens (tertiary/aromatic N) is 1. The summed E-state index contributed by atoms with van der Waals surface area (Å²) in [5.74, 6) is -1.43. The molecule has 0 N–H and O–H groups in total. The lowest BCUT2D eigenvalue weighted by Gasteiger charge is -2.09. The van der Waals surface area contributed by atoms with E-state index in [-0.39, 0.29) is 17.1 Å². The Hall–Kier alpha value is -1.93. The number of hydrogen-bond acceptors (Lipinski definition) is 2. The normalized spacial score (nSPS) is 9.89. The van der Waals surface area contributed by atoms with Gasteiger partial charge in [-0.3, -0.25) is 0 Å². The number of halogens is 3. The van der Waals surface area contributed by atoms with E-state index in [2.05, 4.69) is 15.9 Å². The molecule has 18 heavy (non-hydrogen) atoms. The molecule has 0 amide bonds. The predicted octanol–water partition coefficient (Wildman–Crippen LogP) is 4.39. The second-order valence-corrected chi connectivity index (χ2v) is 4.26. The van der Waals surface area contributed by atoms with Gasteiger partial charge >= 0.3 is 0 Å². The smallest absolute Gasteiger partial charge is 0.168 e. The Balaban J connectivity index is 2.41. The summed E-state index contributed by atoms with van der Waals surface area (Å²) >= 11 is 3.19. The Morgan fingerprint density at radius 2 is 1.89 bits per heavy atom. The van der Waals surface area contributed by atoms with Crippen LogP contribution in [0.4, 0.5) is 8.78 Å². The first-order valence-corrected chi connectivity index (χ1v) is 5.72. The molecule has 0 radical (unpaired) electrons. The summed E-state index contributed by atoms with van der Waals surface area (Å²) in [7, 11) is 0. The van der Waals surface area contributed by atoms with Crippen molar-refractivity contribution >= 4 is 15.9 Å². The van der Waals surface area contributed by atoms with Gasteiger partial charge in [0.25, 0.3) is 0 Å². The van der Waals surface area contributed by atoms with Crippen LogP contribution in [0.25, 0.3) is 0 Å². The van der Waals surface area contributed by atoms with Crippen molar-refractivity contribution in [2.75, 3.05) is 0 Å². The molecule has 2 aromatic rings. The summed E-state index contributed by atoms with van der Waals surface area (Å²) in [4.78, 5) is 0. The first-order chi connectivity index (χ1) is 8.61. The fourth-order valence-corrected chi connectivity index (χ4v) is 1.81. The fraction of sp³-hybridized carbons (Fsp3) is 0. The Labute approximate surface area is 111 Å². The quantitative estimate of drug-likeness (QED) is 0.824. The number of benzene rings is 2. The van der Waals surface area contributed by atoms with Crippen molar-refractivity contribution in [1.82, 2.24) is 0 Å². The van der Waals surface area contributed by atoms with E-state index < -0.39 is 11.6 Å². The van der Waals surface area contributed by atoms with E-state index in [1.807, 2.05) is 6.07 Å². The molecule has 0 heterocycles. The van der Waals surface area contributed by atoms with Crippen LogP contribution in [-0.2, 0) is 0 Å². The van der Waals surface area contributed by atoms with Crippen molar-refractivity contribution in [2.24, 2.45) is 0 Å². The van der Waals surface area contributed by atoms with Crippen molar-refractivity contribution in [3.63, 3.8) is 0 Å². The molecule has 2 rings (SSSR count).